The van der Waals surface area contributed by atoms with E-state index in [1.165, 1.54) is 15.8 Å². The van der Waals surface area contributed by atoms with E-state index in [1.807, 2.05) is 103 Å². The highest BCUT2D eigenvalue weighted by Crippen LogP contribution is 2.28. The van der Waals surface area contributed by atoms with Gasteiger partial charge >= 0.3 is 0 Å². The molecule has 178 valence electrons. The number of hydrogen-bond donors (Lipinski definition) is 0. The number of carbonyl (C=O) groups is 1. The minimum atomic E-state index is -0.152. The van der Waals surface area contributed by atoms with Gasteiger partial charge in [-0.1, -0.05) is 103 Å². The van der Waals surface area contributed by atoms with Gasteiger partial charge in [0.2, 0.25) is 0 Å². The molecule has 0 radical (unpaired) electrons. The Hall–Kier alpha value is -4.96. The lowest BCUT2D eigenvalue weighted by Crippen LogP contribution is -2.21. The van der Waals surface area contributed by atoms with E-state index in [0.29, 0.717) is 17.9 Å². The third kappa shape index (κ3) is 4.65. The number of nitrogens with zero attached hydrogens (tertiary/aromatic N) is 2. The first-order valence-electron chi connectivity index (χ1n) is 12.2. The molecule has 0 spiro atoms. The summed E-state index contributed by atoms with van der Waals surface area (Å²) in [4.78, 5) is 13.4. The SMILES string of the molecule is O=C1/C(=C\c2ccc(OCc3cccc4ccccc34)cc2)C(c2ccccc2)=NN1c1ccccc1. The Morgan fingerprint density at radius 3 is 2.16 bits per heavy atom. The van der Waals surface area contributed by atoms with Gasteiger partial charge in [0.05, 0.1) is 11.3 Å². The van der Waals surface area contributed by atoms with Crippen LogP contribution >= 0.6 is 0 Å². The van der Waals surface area contributed by atoms with Crippen LogP contribution in [0.4, 0.5) is 5.69 Å². The van der Waals surface area contributed by atoms with Crippen molar-refractivity contribution < 1.29 is 9.53 Å². The predicted octanol–water partition coefficient (Wildman–Crippen LogP) is 7.25. The highest BCUT2D eigenvalue weighted by atomic mass is 16.5. The third-order valence-electron chi connectivity index (χ3n) is 6.39. The van der Waals surface area contributed by atoms with Crippen molar-refractivity contribution in [3.63, 3.8) is 0 Å². The standard InChI is InChI=1S/C33H24N2O2/c36-33-31(32(26-11-3-1-4-12-26)34-35(33)28-15-5-2-6-16-28)22-24-18-20-29(21-19-24)37-23-27-14-9-13-25-10-7-8-17-30(25)27/h1-22H,23H2/b31-22-. The van der Waals surface area contributed by atoms with E-state index in [9.17, 15) is 4.79 Å². The molecule has 0 unspecified atom stereocenters. The van der Waals surface area contributed by atoms with Gasteiger partial charge in [-0.3, -0.25) is 4.79 Å². The van der Waals surface area contributed by atoms with Crippen molar-refractivity contribution in [1.29, 1.82) is 0 Å². The van der Waals surface area contributed by atoms with Crippen LogP contribution in [0.25, 0.3) is 16.8 Å². The van der Waals surface area contributed by atoms with Crippen molar-refractivity contribution in [2.24, 2.45) is 5.10 Å². The number of anilines is 1. The van der Waals surface area contributed by atoms with Crippen LogP contribution in [0.3, 0.4) is 0 Å². The summed E-state index contributed by atoms with van der Waals surface area (Å²) in [5, 5.41) is 8.57. The zero-order chi connectivity index (χ0) is 25.0. The fourth-order valence-corrected chi connectivity index (χ4v) is 4.50. The molecule has 0 aliphatic carbocycles. The van der Waals surface area contributed by atoms with Gasteiger partial charge < -0.3 is 4.74 Å². The number of fused-ring (bicyclic) bond motifs is 1. The summed E-state index contributed by atoms with van der Waals surface area (Å²) in [6, 6.07) is 41.7. The molecule has 37 heavy (non-hydrogen) atoms. The number of carbonyl (C=O) groups excluding carboxylic acids is 1. The van der Waals surface area contributed by atoms with Crippen LogP contribution in [0.5, 0.6) is 5.75 Å². The molecule has 4 heteroatoms. The molecule has 6 rings (SSSR count). The summed E-state index contributed by atoms with van der Waals surface area (Å²) in [7, 11) is 0. The van der Waals surface area contributed by atoms with Crippen LogP contribution in [0, 0.1) is 0 Å². The van der Waals surface area contributed by atoms with E-state index in [0.717, 1.165) is 28.1 Å². The maximum Gasteiger partial charge on any atom is 0.281 e. The van der Waals surface area contributed by atoms with Crippen molar-refractivity contribution in [1.82, 2.24) is 0 Å². The molecule has 0 N–H and O–H groups in total. The molecule has 0 atom stereocenters. The summed E-state index contributed by atoms with van der Waals surface area (Å²) in [5.41, 5.74) is 4.90. The van der Waals surface area contributed by atoms with E-state index in [-0.39, 0.29) is 5.91 Å². The van der Waals surface area contributed by atoms with Gasteiger partial charge in [-0.2, -0.15) is 10.1 Å². The Morgan fingerprint density at radius 1 is 0.703 bits per heavy atom. The van der Waals surface area contributed by atoms with Crippen LogP contribution < -0.4 is 9.75 Å². The maximum atomic E-state index is 13.4. The van der Waals surface area contributed by atoms with Gasteiger partial charge in [-0.15, -0.1) is 0 Å². The summed E-state index contributed by atoms with van der Waals surface area (Å²) < 4.78 is 6.09. The van der Waals surface area contributed by atoms with Crippen molar-refractivity contribution in [2.75, 3.05) is 5.01 Å². The number of amides is 1. The Balaban J connectivity index is 1.26. The highest BCUT2D eigenvalue weighted by molar-refractivity contribution is 6.37. The fraction of sp³-hybridized carbons (Fsp3) is 0.0303. The van der Waals surface area contributed by atoms with Crippen LogP contribution in [-0.4, -0.2) is 11.6 Å². The highest BCUT2D eigenvalue weighted by Gasteiger charge is 2.31. The summed E-state index contributed by atoms with van der Waals surface area (Å²) >= 11 is 0. The van der Waals surface area contributed by atoms with Crippen LogP contribution in [0.15, 0.2) is 138 Å². The minimum absolute atomic E-state index is 0.152. The average Bonchev–Trinajstić information content (AvgIpc) is 3.29. The van der Waals surface area contributed by atoms with Crippen LogP contribution in [0.1, 0.15) is 16.7 Å². The minimum Gasteiger partial charge on any atom is -0.489 e. The number of benzene rings is 5. The number of para-hydroxylation sites is 1. The first kappa shape index (κ1) is 22.5. The first-order chi connectivity index (χ1) is 18.3. The van der Waals surface area contributed by atoms with Gasteiger partial charge in [0, 0.05) is 5.56 Å². The Labute approximate surface area is 215 Å². The Bertz CT molecular complexity index is 1620. The van der Waals surface area contributed by atoms with Gasteiger partial charge in [-0.05, 0) is 52.2 Å². The zero-order valence-electron chi connectivity index (χ0n) is 20.1. The second-order valence-electron chi connectivity index (χ2n) is 8.82. The lowest BCUT2D eigenvalue weighted by atomic mass is 10.0. The van der Waals surface area contributed by atoms with Crippen LogP contribution in [-0.2, 0) is 11.4 Å². The predicted molar refractivity (Wildman–Crippen MR) is 150 cm³/mol. The summed E-state index contributed by atoms with van der Waals surface area (Å²) in [5.74, 6) is 0.622. The zero-order valence-corrected chi connectivity index (χ0v) is 20.1. The fourth-order valence-electron chi connectivity index (χ4n) is 4.50. The van der Waals surface area contributed by atoms with E-state index < -0.39 is 0 Å². The quantitative estimate of drug-likeness (QED) is 0.240. The molecule has 0 saturated carbocycles. The molecule has 0 fully saturated rings. The van der Waals surface area contributed by atoms with E-state index in [2.05, 4.69) is 30.3 Å². The van der Waals surface area contributed by atoms with Crippen molar-refractivity contribution >= 4 is 34.2 Å². The van der Waals surface area contributed by atoms with Gasteiger partial charge in [0.15, 0.2) is 0 Å². The Kier molecular flexibility index (Phi) is 6.05. The molecule has 4 nitrogen and oxygen atoms in total. The lowest BCUT2D eigenvalue weighted by Gasteiger charge is -2.11. The molecule has 0 aromatic heterocycles. The largest absolute Gasteiger partial charge is 0.489 e. The number of hydrogen-bond acceptors (Lipinski definition) is 3. The number of ether oxygens (including phenoxy) is 1. The topological polar surface area (TPSA) is 41.9 Å². The molecule has 1 aliphatic rings. The molecule has 0 saturated heterocycles. The third-order valence-corrected chi connectivity index (χ3v) is 6.39. The molecule has 5 aromatic carbocycles. The van der Waals surface area contributed by atoms with Crippen molar-refractivity contribution in [3.05, 3.63) is 150 Å². The van der Waals surface area contributed by atoms with Crippen molar-refractivity contribution in [3.8, 4) is 5.75 Å². The average molecular weight is 481 g/mol. The molecule has 1 amide bonds. The lowest BCUT2D eigenvalue weighted by molar-refractivity contribution is -0.114. The van der Waals surface area contributed by atoms with E-state index >= 15 is 0 Å². The van der Waals surface area contributed by atoms with E-state index in [1.54, 1.807) is 0 Å². The van der Waals surface area contributed by atoms with Crippen LogP contribution in [0.2, 0.25) is 0 Å². The molecular weight excluding hydrogens is 456 g/mol. The number of rotatable bonds is 6. The molecule has 1 aliphatic heterocycles. The summed E-state index contributed by atoms with van der Waals surface area (Å²) in [6.45, 7) is 0.483. The van der Waals surface area contributed by atoms with Crippen molar-refractivity contribution in [2.45, 2.75) is 6.61 Å². The monoisotopic (exact) mass is 480 g/mol. The molecule has 1 heterocycles. The molecule has 0 bridgehead atoms. The van der Waals surface area contributed by atoms with Gasteiger partial charge in [0.1, 0.15) is 18.1 Å². The molecular formula is C33H24N2O2. The second-order valence-corrected chi connectivity index (χ2v) is 8.82. The normalized spacial score (nSPS) is 14.3. The number of hydrazone groups is 1. The molecule has 5 aromatic rings. The van der Waals surface area contributed by atoms with E-state index in [4.69, 9.17) is 9.84 Å². The second kappa shape index (κ2) is 9.96. The smallest absolute Gasteiger partial charge is 0.281 e. The Morgan fingerprint density at radius 2 is 1.38 bits per heavy atom. The maximum absolute atomic E-state index is 13.4. The first-order valence-corrected chi connectivity index (χ1v) is 12.2. The summed E-state index contributed by atoms with van der Waals surface area (Å²) in [6.07, 6.45) is 1.89. The van der Waals surface area contributed by atoms with Gasteiger partial charge in [-0.25, -0.2) is 0 Å². The van der Waals surface area contributed by atoms with Gasteiger partial charge in [0.25, 0.3) is 5.91 Å².